The molecule has 4 nitrogen and oxygen atoms in total. The van der Waals surface area contributed by atoms with Crippen molar-refractivity contribution in [3.05, 3.63) is 120 Å². The van der Waals surface area contributed by atoms with E-state index in [1.54, 1.807) is 0 Å². The Morgan fingerprint density at radius 3 is 2.53 bits per heavy atom. The Kier molecular flexibility index (Phi) is 4.60. The van der Waals surface area contributed by atoms with Crippen LogP contribution in [0, 0.1) is 6.92 Å². The number of fused-ring (bicyclic) bond motifs is 3. The van der Waals surface area contributed by atoms with Crippen LogP contribution in [0.1, 0.15) is 28.4 Å². The van der Waals surface area contributed by atoms with Gasteiger partial charge in [0.15, 0.2) is 0 Å². The second-order valence-electron chi connectivity index (χ2n) is 7.67. The van der Waals surface area contributed by atoms with Gasteiger partial charge in [-0.25, -0.2) is 4.79 Å². The topological polar surface area (TPSA) is 37.3 Å². The van der Waals surface area contributed by atoms with Crippen molar-refractivity contribution in [3.63, 3.8) is 0 Å². The van der Waals surface area contributed by atoms with Gasteiger partial charge in [0.1, 0.15) is 0 Å². The predicted octanol–water partition coefficient (Wildman–Crippen LogP) is 5.92. The van der Waals surface area contributed by atoms with Gasteiger partial charge in [0.2, 0.25) is 0 Å². The fourth-order valence-electron chi connectivity index (χ4n) is 4.24. The molecule has 148 valence electrons. The zero-order valence-corrected chi connectivity index (χ0v) is 16.8. The lowest BCUT2D eigenvalue weighted by Gasteiger charge is -2.31. The molecule has 0 radical (unpaired) electrons. The van der Waals surface area contributed by atoms with E-state index < -0.39 is 0 Å². The zero-order valence-electron chi connectivity index (χ0n) is 16.8. The molecule has 1 N–H and O–H groups in total. The van der Waals surface area contributed by atoms with Crippen LogP contribution in [-0.2, 0) is 6.54 Å². The number of amides is 2. The second kappa shape index (κ2) is 7.56. The van der Waals surface area contributed by atoms with Gasteiger partial charge in [0.05, 0.1) is 18.3 Å². The third-order valence-corrected chi connectivity index (χ3v) is 5.61. The first-order chi connectivity index (χ1) is 14.7. The smallest absolute Gasteiger partial charge is 0.318 e. The molecule has 1 atom stereocenters. The van der Waals surface area contributed by atoms with Gasteiger partial charge >= 0.3 is 6.03 Å². The number of aromatic nitrogens is 1. The van der Waals surface area contributed by atoms with Gasteiger partial charge in [-0.05, 0) is 53.9 Å². The molecule has 5 rings (SSSR count). The maximum Gasteiger partial charge on any atom is 0.322 e. The molecule has 2 heterocycles. The molecule has 0 fully saturated rings. The first-order valence-corrected chi connectivity index (χ1v) is 10.2. The van der Waals surface area contributed by atoms with Crippen molar-refractivity contribution in [2.75, 3.05) is 5.32 Å². The van der Waals surface area contributed by atoms with Crippen LogP contribution in [0.15, 0.2) is 97.2 Å². The molecular weight excluding hydrogens is 370 g/mol. The number of aryl methyl sites for hydroxylation is 1. The van der Waals surface area contributed by atoms with E-state index in [2.05, 4.69) is 46.4 Å². The Balaban J connectivity index is 1.63. The Labute approximate surface area is 176 Å². The Morgan fingerprint density at radius 1 is 0.900 bits per heavy atom. The van der Waals surface area contributed by atoms with E-state index in [1.165, 1.54) is 0 Å². The predicted molar refractivity (Wildman–Crippen MR) is 120 cm³/mol. The molecule has 3 aromatic carbocycles. The number of urea groups is 1. The lowest BCUT2D eigenvalue weighted by molar-refractivity contribution is 0.194. The van der Waals surface area contributed by atoms with Crippen molar-refractivity contribution in [2.24, 2.45) is 0 Å². The third kappa shape index (κ3) is 3.26. The van der Waals surface area contributed by atoms with Crippen molar-refractivity contribution in [2.45, 2.75) is 19.5 Å². The maximum absolute atomic E-state index is 13.6. The maximum atomic E-state index is 13.6. The molecular formula is C26H23N3O. The van der Waals surface area contributed by atoms with Gasteiger partial charge in [0, 0.05) is 17.6 Å². The summed E-state index contributed by atoms with van der Waals surface area (Å²) in [6.07, 6.45) is 2.08. The highest BCUT2D eigenvalue weighted by molar-refractivity contribution is 5.90. The van der Waals surface area contributed by atoms with E-state index in [1.807, 2.05) is 72.5 Å². The van der Waals surface area contributed by atoms with Crippen LogP contribution >= 0.6 is 0 Å². The number of anilines is 1. The normalized spacial score (nSPS) is 15.1. The highest BCUT2D eigenvalue weighted by Gasteiger charge is 2.32. The standard InChI is InChI=1S/C26H23N3O/c1-19-9-7-13-22(17-19)27-26(30)29-18-21-12-5-6-14-23(21)28-16-8-15-24(28)25(29)20-10-3-2-4-11-20/h2-17,25H,18H2,1H3,(H,27,30). The van der Waals surface area contributed by atoms with Crippen molar-refractivity contribution in [3.8, 4) is 5.69 Å². The highest BCUT2D eigenvalue weighted by Crippen LogP contribution is 2.36. The van der Waals surface area contributed by atoms with Gasteiger partial charge in [0.25, 0.3) is 0 Å². The quantitative estimate of drug-likeness (QED) is 0.451. The van der Waals surface area contributed by atoms with E-state index in [0.29, 0.717) is 6.54 Å². The number of rotatable bonds is 2. The van der Waals surface area contributed by atoms with Crippen LogP contribution in [-0.4, -0.2) is 15.5 Å². The van der Waals surface area contributed by atoms with E-state index in [-0.39, 0.29) is 12.1 Å². The minimum atomic E-state index is -0.196. The molecule has 2 amide bonds. The van der Waals surface area contributed by atoms with Crippen LogP contribution < -0.4 is 5.32 Å². The van der Waals surface area contributed by atoms with Gasteiger partial charge in [-0.15, -0.1) is 0 Å². The molecule has 1 aliphatic heterocycles. The molecule has 1 unspecified atom stereocenters. The van der Waals surface area contributed by atoms with Crippen LogP contribution in [0.3, 0.4) is 0 Å². The molecule has 4 aromatic rings. The molecule has 0 aliphatic carbocycles. The van der Waals surface area contributed by atoms with Crippen LogP contribution in [0.25, 0.3) is 5.69 Å². The summed E-state index contributed by atoms with van der Waals surface area (Å²) >= 11 is 0. The summed E-state index contributed by atoms with van der Waals surface area (Å²) in [5, 5.41) is 3.11. The van der Waals surface area contributed by atoms with Gasteiger partial charge in [-0.1, -0.05) is 60.7 Å². The van der Waals surface area contributed by atoms with Gasteiger partial charge in [-0.2, -0.15) is 0 Å². The second-order valence-corrected chi connectivity index (χ2v) is 7.67. The summed E-state index contributed by atoms with van der Waals surface area (Å²) in [5.41, 5.74) is 6.31. The molecule has 30 heavy (non-hydrogen) atoms. The molecule has 0 saturated heterocycles. The average Bonchev–Trinajstić information content (AvgIpc) is 3.18. The van der Waals surface area contributed by atoms with E-state index in [9.17, 15) is 4.79 Å². The van der Waals surface area contributed by atoms with Gasteiger partial charge in [-0.3, -0.25) is 0 Å². The number of carbonyl (C=O) groups excluding carboxylic acids is 1. The van der Waals surface area contributed by atoms with Crippen LogP contribution in [0.2, 0.25) is 0 Å². The number of hydrogen-bond acceptors (Lipinski definition) is 1. The van der Waals surface area contributed by atoms with Crippen molar-refractivity contribution in [1.29, 1.82) is 0 Å². The molecule has 0 spiro atoms. The minimum Gasteiger partial charge on any atom is -0.318 e. The lowest BCUT2D eigenvalue weighted by Crippen LogP contribution is -2.37. The number of nitrogens with one attached hydrogen (secondary N) is 1. The summed E-state index contributed by atoms with van der Waals surface area (Å²) in [6, 6.07) is 30.3. The minimum absolute atomic E-state index is 0.112. The van der Waals surface area contributed by atoms with E-state index in [4.69, 9.17) is 0 Å². The Bertz CT molecular complexity index is 1200. The summed E-state index contributed by atoms with van der Waals surface area (Å²) in [7, 11) is 0. The van der Waals surface area contributed by atoms with Crippen molar-refractivity contribution >= 4 is 11.7 Å². The third-order valence-electron chi connectivity index (χ3n) is 5.61. The largest absolute Gasteiger partial charge is 0.322 e. The van der Waals surface area contributed by atoms with Gasteiger partial charge < -0.3 is 14.8 Å². The van der Waals surface area contributed by atoms with Crippen LogP contribution in [0.4, 0.5) is 10.5 Å². The number of carbonyl (C=O) groups is 1. The fraction of sp³-hybridized carbons (Fsp3) is 0.115. The van der Waals surface area contributed by atoms with Crippen molar-refractivity contribution < 1.29 is 4.79 Å². The van der Waals surface area contributed by atoms with Crippen LogP contribution in [0.5, 0.6) is 0 Å². The number of hydrogen-bond donors (Lipinski definition) is 1. The molecule has 4 heteroatoms. The number of para-hydroxylation sites is 1. The molecule has 1 aliphatic rings. The molecule has 0 saturated carbocycles. The summed E-state index contributed by atoms with van der Waals surface area (Å²) in [4.78, 5) is 15.5. The molecule has 1 aromatic heterocycles. The Hall–Kier alpha value is -3.79. The lowest BCUT2D eigenvalue weighted by atomic mass is 10.0. The first-order valence-electron chi connectivity index (χ1n) is 10.2. The first kappa shape index (κ1) is 18.3. The average molecular weight is 393 g/mol. The number of nitrogens with zero attached hydrogens (tertiary/aromatic N) is 2. The van der Waals surface area contributed by atoms with E-state index in [0.717, 1.165) is 33.8 Å². The van der Waals surface area contributed by atoms with Crippen molar-refractivity contribution in [1.82, 2.24) is 9.47 Å². The summed E-state index contributed by atoms with van der Waals surface area (Å²) in [6.45, 7) is 2.55. The summed E-state index contributed by atoms with van der Waals surface area (Å²) < 4.78 is 2.20. The molecule has 0 bridgehead atoms. The number of benzene rings is 3. The highest BCUT2D eigenvalue weighted by atomic mass is 16.2. The fourth-order valence-corrected chi connectivity index (χ4v) is 4.24. The van der Waals surface area contributed by atoms with E-state index >= 15 is 0 Å². The monoisotopic (exact) mass is 393 g/mol. The Morgan fingerprint density at radius 2 is 1.70 bits per heavy atom. The zero-order chi connectivity index (χ0) is 20.5. The summed E-state index contributed by atoms with van der Waals surface area (Å²) in [5.74, 6) is 0. The SMILES string of the molecule is Cc1cccc(NC(=O)N2Cc3ccccc3-n3cccc3C2c2ccccc2)c1.